The summed E-state index contributed by atoms with van der Waals surface area (Å²) in [5.74, 6) is 0.534. The lowest BCUT2D eigenvalue weighted by atomic mass is 10.0. The predicted molar refractivity (Wildman–Crippen MR) is 130 cm³/mol. The third-order valence-electron chi connectivity index (χ3n) is 6.66. The van der Waals surface area contributed by atoms with Gasteiger partial charge in [0.1, 0.15) is 6.79 Å². The van der Waals surface area contributed by atoms with E-state index in [1.54, 1.807) is 12.1 Å². The molecule has 1 aromatic heterocycles. The average Bonchev–Trinajstić information content (AvgIpc) is 3.23. The first-order valence-corrected chi connectivity index (χ1v) is 12.1. The van der Waals surface area contributed by atoms with Crippen molar-refractivity contribution in [3.63, 3.8) is 0 Å². The summed E-state index contributed by atoms with van der Waals surface area (Å²) in [4.78, 5) is 34.1. The van der Waals surface area contributed by atoms with Crippen LogP contribution in [0.15, 0.2) is 24.5 Å². The number of aryl methyl sites for hydroxylation is 3. The monoisotopic (exact) mass is 470 g/mol. The minimum atomic E-state index is -0.608. The number of rotatable bonds is 7. The van der Waals surface area contributed by atoms with E-state index in [1.807, 2.05) is 31.0 Å². The van der Waals surface area contributed by atoms with Gasteiger partial charge in [-0.1, -0.05) is 20.3 Å². The van der Waals surface area contributed by atoms with E-state index in [0.29, 0.717) is 13.0 Å². The molecule has 0 N–H and O–H groups in total. The number of nitrogens with zero attached hydrogens (tertiary/aromatic N) is 4. The van der Waals surface area contributed by atoms with Crippen molar-refractivity contribution in [2.24, 2.45) is 0 Å². The van der Waals surface area contributed by atoms with Crippen molar-refractivity contribution in [1.82, 2.24) is 14.9 Å². The van der Waals surface area contributed by atoms with Gasteiger partial charge in [0.25, 0.3) is 5.91 Å². The summed E-state index contributed by atoms with van der Waals surface area (Å²) in [7, 11) is 0. The van der Waals surface area contributed by atoms with Gasteiger partial charge in [0, 0.05) is 44.5 Å². The van der Waals surface area contributed by atoms with Gasteiger partial charge in [0.15, 0.2) is 17.7 Å². The van der Waals surface area contributed by atoms with Crippen LogP contribution in [0.2, 0.25) is 0 Å². The molecule has 3 heterocycles. The van der Waals surface area contributed by atoms with Crippen molar-refractivity contribution < 1.29 is 18.7 Å². The van der Waals surface area contributed by atoms with Crippen molar-refractivity contribution >= 4 is 18.6 Å². The Morgan fingerprint density at radius 3 is 2.38 bits per heavy atom. The molecule has 2 aliphatic rings. The van der Waals surface area contributed by atoms with E-state index in [9.17, 15) is 9.18 Å². The number of hydrogen-bond donors (Lipinski definition) is 0. The van der Waals surface area contributed by atoms with Crippen LogP contribution in [0.25, 0.3) is 0 Å². The van der Waals surface area contributed by atoms with Gasteiger partial charge in [-0.15, -0.1) is 0 Å². The minimum Gasteiger partial charge on any atom is -0.477 e. The minimum absolute atomic E-state index is 0.0262. The summed E-state index contributed by atoms with van der Waals surface area (Å²) in [5, 5.41) is 0. The Morgan fingerprint density at radius 2 is 1.76 bits per heavy atom. The number of benzene rings is 1. The molecule has 1 atom stereocenters. The molecule has 4 rings (SSSR count). The number of amides is 1. The third kappa shape index (κ3) is 5.72. The first kappa shape index (κ1) is 25.6. The highest BCUT2D eigenvalue weighted by Gasteiger charge is 2.39. The fourth-order valence-electron chi connectivity index (χ4n) is 4.70. The highest BCUT2D eigenvalue weighted by Crippen LogP contribution is 2.29. The molecule has 8 heteroatoms. The fourth-order valence-corrected chi connectivity index (χ4v) is 4.70. The molecule has 0 aliphatic carbocycles. The molecule has 2 saturated heterocycles. The van der Waals surface area contributed by atoms with Crippen molar-refractivity contribution in [3.8, 4) is 5.75 Å². The van der Waals surface area contributed by atoms with Gasteiger partial charge in [-0.3, -0.25) is 4.79 Å². The summed E-state index contributed by atoms with van der Waals surface area (Å²) in [6.07, 6.45) is 8.23. The Kier molecular flexibility index (Phi) is 8.96. The van der Waals surface area contributed by atoms with Crippen LogP contribution < -0.4 is 9.64 Å². The smallest absolute Gasteiger partial charge is 0.263 e. The second kappa shape index (κ2) is 11.9. The van der Waals surface area contributed by atoms with E-state index in [2.05, 4.69) is 28.7 Å². The number of likely N-dealkylation sites (tertiary alicyclic amines) is 1. The summed E-state index contributed by atoms with van der Waals surface area (Å²) in [6, 6.07) is 3.47. The van der Waals surface area contributed by atoms with Crippen LogP contribution in [-0.2, 0) is 22.4 Å². The third-order valence-corrected chi connectivity index (χ3v) is 6.66. The van der Waals surface area contributed by atoms with E-state index >= 15 is 0 Å². The molecule has 2 fully saturated rings. The number of ether oxygens (including phenoxy) is 1. The lowest BCUT2D eigenvalue weighted by Crippen LogP contribution is -2.47. The number of anilines is 1. The maximum Gasteiger partial charge on any atom is 0.263 e. The Labute approximate surface area is 201 Å². The maximum atomic E-state index is 14.6. The van der Waals surface area contributed by atoms with Gasteiger partial charge < -0.3 is 19.3 Å². The van der Waals surface area contributed by atoms with Gasteiger partial charge in [-0.05, 0) is 61.4 Å². The number of carbonyl (C=O) groups is 2. The molecule has 34 heavy (non-hydrogen) atoms. The summed E-state index contributed by atoms with van der Waals surface area (Å²) in [6.45, 7) is 10.4. The van der Waals surface area contributed by atoms with Gasteiger partial charge in [0.05, 0.1) is 0 Å². The standard InChI is InChI=1S/C25H33FN4O2.CH2O/c1-4-6-19-14-21(26)23(13-17(19)3)32-22-9-12-30(24(22)31)20-7-10-29(11-8-20)25-27-15-18(5-2)16-28-25;1-2/h13-16,20,22H,4-12H2,1-3H3;1H2/t22-;/m0./s1. The first-order valence-electron chi connectivity index (χ1n) is 12.1. The van der Waals surface area contributed by atoms with Crippen LogP contribution in [0.1, 0.15) is 56.2 Å². The molecule has 0 saturated carbocycles. The second-order valence-corrected chi connectivity index (χ2v) is 8.85. The van der Waals surface area contributed by atoms with Gasteiger partial charge in [-0.25, -0.2) is 14.4 Å². The van der Waals surface area contributed by atoms with Crippen LogP contribution in [0.3, 0.4) is 0 Å². The van der Waals surface area contributed by atoms with E-state index < -0.39 is 6.10 Å². The van der Waals surface area contributed by atoms with Crippen molar-refractivity contribution in [2.75, 3.05) is 24.5 Å². The number of carbonyl (C=O) groups excluding carboxylic acids is 2. The Bertz CT molecular complexity index is 961. The molecule has 2 aromatic rings. The van der Waals surface area contributed by atoms with Crippen LogP contribution >= 0.6 is 0 Å². The number of aromatic nitrogens is 2. The first-order chi connectivity index (χ1) is 16.5. The molecule has 184 valence electrons. The highest BCUT2D eigenvalue weighted by atomic mass is 19.1. The average molecular weight is 471 g/mol. The molecular weight excluding hydrogens is 435 g/mol. The topological polar surface area (TPSA) is 75.6 Å². The van der Waals surface area contributed by atoms with Gasteiger partial charge >= 0.3 is 0 Å². The second-order valence-electron chi connectivity index (χ2n) is 8.85. The summed E-state index contributed by atoms with van der Waals surface area (Å²) >= 11 is 0. The lowest BCUT2D eigenvalue weighted by Gasteiger charge is -2.36. The largest absolute Gasteiger partial charge is 0.477 e. The van der Waals surface area contributed by atoms with Crippen LogP contribution in [0.4, 0.5) is 10.3 Å². The normalized spacial score (nSPS) is 18.6. The van der Waals surface area contributed by atoms with E-state index in [1.165, 1.54) is 0 Å². The molecule has 0 radical (unpaired) electrons. The highest BCUT2D eigenvalue weighted by molar-refractivity contribution is 5.83. The molecule has 2 aliphatic heterocycles. The summed E-state index contributed by atoms with van der Waals surface area (Å²) < 4.78 is 20.4. The van der Waals surface area contributed by atoms with Gasteiger partial charge in [0.2, 0.25) is 5.95 Å². The Hall–Kier alpha value is -3.03. The van der Waals surface area contributed by atoms with Crippen LogP contribution in [-0.4, -0.2) is 59.3 Å². The van der Waals surface area contributed by atoms with E-state index in [-0.39, 0.29) is 23.5 Å². The summed E-state index contributed by atoms with van der Waals surface area (Å²) in [5.41, 5.74) is 3.13. The van der Waals surface area contributed by atoms with Gasteiger partial charge in [-0.2, -0.15) is 0 Å². The van der Waals surface area contributed by atoms with E-state index in [4.69, 9.17) is 9.53 Å². The zero-order valence-corrected chi connectivity index (χ0v) is 20.4. The SMILES string of the molecule is C=O.CCCc1cc(F)c(O[C@H]2CCN(C3CCN(c4ncc(CC)cn4)CC3)C2=O)cc1C. The van der Waals surface area contributed by atoms with Crippen molar-refractivity contribution in [1.29, 1.82) is 0 Å². The van der Waals surface area contributed by atoms with Crippen LogP contribution in [0, 0.1) is 12.7 Å². The zero-order valence-electron chi connectivity index (χ0n) is 20.4. The molecule has 0 bridgehead atoms. The Morgan fingerprint density at radius 1 is 1.09 bits per heavy atom. The number of halogens is 1. The lowest BCUT2D eigenvalue weighted by molar-refractivity contribution is -0.135. The molecular formula is C26H35FN4O3. The van der Waals surface area contributed by atoms with Crippen molar-refractivity contribution in [3.05, 3.63) is 47.0 Å². The number of hydrogen-bond acceptors (Lipinski definition) is 6. The van der Waals surface area contributed by atoms with Crippen molar-refractivity contribution in [2.45, 2.75) is 71.4 Å². The molecule has 0 spiro atoms. The van der Waals surface area contributed by atoms with Crippen LogP contribution in [0.5, 0.6) is 5.75 Å². The quantitative estimate of drug-likeness (QED) is 0.611. The molecule has 1 aromatic carbocycles. The number of piperidine rings is 1. The molecule has 1 amide bonds. The maximum absolute atomic E-state index is 14.6. The molecule has 7 nitrogen and oxygen atoms in total. The van der Waals surface area contributed by atoms with E-state index in [0.717, 1.165) is 67.8 Å². The fraction of sp³-hybridized carbons (Fsp3) is 0.538. The zero-order chi connectivity index (χ0) is 24.7. The molecule has 0 unspecified atom stereocenters. The predicted octanol–water partition coefficient (Wildman–Crippen LogP) is 3.90. The Balaban J connectivity index is 0.00000158.